The summed E-state index contributed by atoms with van der Waals surface area (Å²) in [4.78, 5) is 12.5. The maximum Gasteiger partial charge on any atom is 0.284 e. The van der Waals surface area contributed by atoms with Crippen molar-refractivity contribution in [3.63, 3.8) is 0 Å². The van der Waals surface area contributed by atoms with Gasteiger partial charge in [0.25, 0.3) is 5.24 Å². The first kappa shape index (κ1) is 15.5. The summed E-state index contributed by atoms with van der Waals surface area (Å²) >= 11 is 1.14. The molecule has 1 rings (SSSR count). The quantitative estimate of drug-likeness (QED) is 0.676. The highest BCUT2D eigenvalue weighted by molar-refractivity contribution is 8.13. The minimum absolute atomic E-state index is 0.115. The van der Waals surface area contributed by atoms with Crippen LogP contribution in [0.1, 0.15) is 27.7 Å². The Labute approximate surface area is 119 Å². The maximum absolute atomic E-state index is 11.6. The van der Waals surface area contributed by atoms with Crippen molar-refractivity contribution in [3.8, 4) is 17.6 Å². The molecule has 1 amide bonds. The van der Waals surface area contributed by atoms with E-state index in [2.05, 4.69) is 17.2 Å². The molecule has 0 aliphatic heterocycles. The third kappa shape index (κ3) is 6.78. The molecule has 0 spiro atoms. The Bertz CT molecular complexity index is 495. The Morgan fingerprint density at radius 1 is 1.42 bits per heavy atom. The first-order valence-electron chi connectivity index (χ1n) is 6.05. The number of hydrogen-bond donors (Lipinski definition) is 1. The van der Waals surface area contributed by atoms with Crippen molar-refractivity contribution in [1.82, 2.24) is 5.32 Å². The zero-order chi connectivity index (χ0) is 14.3. The summed E-state index contributed by atoms with van der Waals surface area (Å²) in [5.41, 5.74) is -0.248. The molecule has 0 aliphatic carbocycles. The fourth-order valence-electron chi connectivity index (χ4n) is 1.30. The molecule has 0 atom stereocenters. The predicted octanol–water partition coefficient (Wildman–Crippen LogP) is 3.69. The summed E-state index contributed by atoms with van der Waals surface area (Å²) in [6.07, 6.45) is 0. The van der Waals surface area contributed by atoms with Gasteiger partial charge in [-0.15, -0.1) is 5.92 Å². The van der Waals surface area contributed by atoms with E-state index in [9.17, 15) is 4.79 Å². The second-order valence-corrected chi connectivity index (χ2v) is 5.91. The van der Waals surface area contributed by atoms with Crippen molar-refractivity contribution in [1.29, 1.82) is 0 Å². The number of ether oxygens (including phenoxy) is 1. The third-order valence-electron chi connectivity index (χ3n) is 1.94. The van der Waals surface area contributed by atoms with Crippen LogP contribution >= 0.6 is 11.8 Å². The molecule has 0 saturated carbocycles. The Hall–Kier alpha value is -1.60. The van der Waals surface area contributed by atoms with Crippen molar-refractivity contribution in [2.45, 2.75) is 38.2 Å². The van der Waals surface area contributed by atoms with Gasteiger partial charge in [-0.25, -0.2) is 0 Å². The molecule has 4 heteroatoms. The molecule has 0 fully saturated rings. The first-order chi connectivity index (χ1) is 8.90. The van der Waals surface area contributed by atoms with Crippen molar-refractivity contribution in [2.24, 2.45) is 0 Å². The summed E-state index contributed by atoms with van der Waals surface area (Å²) < 4.78 is 5.76. The lowest BCUT2D eigenvalue weighted by Crippen LogP contribution is -2.23. The fraction of sp³-hybridized carbons (Fsp3) is 0.400. The summed E-state index contributed by atoms with van der Waals surface area (Å²) in [6, 6.07) is 7.50. The summed E-state index contributed by atoms with van der Waals surface area (Å²) in [5.74, 6) is 6.28. The van der Waals surface area contributed by atoms with Crippen LogP contribution in [0.15, 0.2) is 29.2 Å². The molecule has 0 heterocycles. The molecule has 3 nitrogen and oxygen atoms in total. The van der Waals surface area contributed by atoms with Crippen molar-refractivity contribution in [2.75, 3.05) is 6.54 Å². The van der Waals surface area contributed by atoms with Gasteiger partial charge in [-0.3, -0.25) is 4.79 Å². The smallest absolute Gasteiger partial charge is 0.284 e. The van der Waals surface area contributed by atoms with Crippen LogP contribution in [-0.4, -0.2) is 17.4 Å². The zero-order valence-corrected chi connectivity index (χ0v) is 12.6. The van der Waals surface area contributed by atoms with E-state index < -0.39 is 0 Å². The number of hydrogen-bond acceptors (Lipinski definition) is 3. The highest BCUT2D eigenvalue weighted by atomic mass is 32.2. The van der Waals surface area contributed by atoms with E-state index in [4.69, 9.17) is 4.74 Å². The molecule has 102 valence electrons. The molecule has 0 radical (unpaired) electrons. The molecular weight excluding hydrogens is 258 g/mol. The number of rotatable bonds is 3. The number of benzene rings is 1. The topological polar surface area (TPSA) is 38.3 Å². The molecule has 0 saturated heterocycles. The van der Waals surface area contributed by atoms with Gasteiger partial charge in [0, 0.05) is 4.90 Å². The number of carbonyl (C=O) groups is 1. The van der Waals surface area contributed by atoms with Crippen LogP contribution in [0, 0.1) is 11.8 Å². The van der Waals surface area contributed by atoms with Gasteiger partial charge in [-0.05, 0) is 57.7 Å². The lowest BCUT2D eigenvalue weighted by atomic mass is 10.2. The minimum Gasteiger partial charge on any atom is -0.488 e. The average molecular weight is 277 g/mol. The normalized spacial score (nSPS) is 10.3. The Morgan fingerprint density at radius 2 is 2.16 bits per heavy atom. The van der Waals surface area contributed by atoms with Crippen LogP contribution in [-0.2, 0) is 0 Å². The van der Waals surface area contributed by atoms with E-state index in [1.165, 1.54) is 0 Å². The van der Waals surface area contributed by atoms with E-state index in [0.29, 0.717) is 6.54 Å². The van der Waals surface area contributed by atoms with Gasteiger partial charge in [0.05, 0.1) is 6.54 Å². The first-order valence-corrected chi connectivity index (χ1v) is 6.87. The monoisotopic (exact) mass is 277 g/mol. The molecule has 0 unspecified atom stereocenters. The van der Waals surface area contributed by atoms with Crippen LogP contribution < -0.4 is 10.1 Å². The zero-order valence-electron chi connectivity index (χ0n) is 11.7. The highest BCUT2D eigenvalue weighted by Crippen LogP contribution is 2.25. The van der Waals surface area contributed by atoms with Crippen molar-refractivity contribution < 1.29 is 9.53 Å². The Balaban J connectivity index is 2.61. The van der Waals surface area contributed by atoms with E-state index in [1.807, 2.05) is 45.0 Å². The minimum atomic E-state index is -0.248. The van der Waals surface area contributed by atoms with Gasteiger partial charge in [-0.2, -0.15) is 0 Å². The molecule has 19 heavy (non-hydrogen) atoms. The van der Waals surface area contributed by atoms with Crippen LogP contribution in [0.2, 0.25) is 0 Å². The average Bonchev–Trinajstić information content (AvgIpc) is 2.27. The van der Waals surface area contributed by atoms with Crippen molar-refractivity contribution >= 4 is 17.0 Å². The highest BCUT2D eigenvalue weighted by Gasteiger charge is 2.12. The van der Waals surface area contributed by atoms with Crippen LogP contribution in [0.4, 0.5) is 4.79 Å². The Morgan fingerprint density at radius 3 is 2.79 bits per heavy atom. The van der Waals surface area contributed by atoms with E-state index in [-0.39, 0.29) is 10.8 Å². The van der Waals surface area contributed by atoms with Crippen LogP contribution in [0.5, 0.6) is 5.75 Å². The van der Waals surface area contributed by atoms with Gasteiger partial charge in [0.15, 0.2) is 0 Å². The number of nitrogens with one attached hydrogen (secondary N) is 1. The van der Waals surface area contributed by atoms with Gasteiger partial charge in [-0.1, -0.05) is 12.0 Å². The molecule has 1 N–H and O–H groups in total. The summed E-state index contributed by atoms with van der Waals surface area (Å²) in [5, 5.41) is 2.59. The number of carbonyl (C=O) groups excluding carboxylic acids is 1. The van der Waals surface area contributed by atoms with Gasteiger partial charge in [0.1, 0.15) is 11.4 Å². The Kier molecular flexibility index (Phi) is 5.78. The van der Waals surface area contributed by atoms with Gasteiger partial charge in [0.2, 0.25) is 0 Å². The molecular formula is C15H19NO2S. The SMILES string of the molecule is CC#CCNC(=O)Sc1cccc(OC(C)(C)C)c1. The van der Waals surface area contributed by atoms with Crippen LogP contribution in [0.25, 0.3) is 0 Å². The molecule has 0 aromatic heterocycles. The van der Waals surface area contributed by atoms with E-state index in [1.54, 1.807) is 6.92 Å². The van der Waals surface area contributed by atoms with E-state index >= 15 is 0 Å². The fourth-order valence-corrected chi connectivity index (χ4v) is 1.98. The van der Waals surface area contributed by atoms with Gasteiger partial charge >= 0.3 is 0 Å². The molecule has 1 aromatic rings. The maximum atomic E-state index is 11.6. The predicted molar refractivity (Wildman–Crippen MR) is 79.5 cm³/mol. The van der Waals surface area contributed by atoms with Gasteiger partial charge < -0.3 is 10.1 Å². The van der Waals surface area contributed by atoms with Crippen LogP contribution in [0.3, 0.4) is 0 Å². The number of amides is 1. The lowest BCUT2D eigenvalue weighted by Gasteiger charge is -2.21. The summed E-state index contributed by atoms with van der Waals surface area (Å²) in [7, 11) is 0. The third-order valence-corrected chi connectivity index (χ3v) is 2.76. The second-order valence-electron chi connectivity index (χ2n) is 4.86. The molecule has 0 bridgehead atoms. The summed E-state index contributed by atoms with van der Waals surface area (Å²) in [6.45, 7) is 8.09. The van der Waals surface area contributed by atoms with Crippen molar-refractivity contribution in [3.05, 3.63) is 24.3 Å². The van der Waals surface area contributed by atoms with E-state index in [0.717, 1.165) is 22.4 Å². The largest absolute Gasteiger partial charge is 0.488 e. The molecule has 1 aromatic carbocycles. The molecule has 0 aliphatic rings. The standard InChI is InChI=1S/C15H19NO2S/c1-5-6-10-16-14(17)19-13-9-7-8-12(11-13)18-15(2,3)4/h7-9,11H,10H2,1-4H3,(H,16,17). The lowest BCUT2D eigenvalue weighted by molar-refractivity contribution is 0.130. The number of thioether (sulfide) groups is 1. The second kappa shape index (κ2) is 7.10.